The van der Waals surface area contributed by atoms with Crippen molar-refractivity contribution in [3.05, 3.63) is 29.6 Å². The molecule has 0 bridgehead atoms. The molecular weight excluding hydrogens is 373 g/mol. The Balaban J connectivity index is 1.27. The fraction of sp³-hybridized carbons (Fsp3) is 0.741. The minimum atomic E-state index is -0.497. The van der Waals surface area contributed by atoms with Crippen molar-refractivity contribution >= 4 is 0 Å². The maximum absolute atomic E-state index is 13.6. The van der Waals surface area contributed by atoms with Gasteiger partial charge in [0.15, 0.2) is 0 Å². The van der Waals surface area contributed by atoms with Gasteiger partial charge in [0.1, 0.15) is 17.6 Å². The highest BCUT2D eigenvalue weighted by atomic mass is 19.1. The molecule has 0 N–H and O–H groups in total. The number of ether oxygens (including phenoxy) is 1. The van der Waals surface area contributed by atoms with Crippen LogP contribution < -0.4 is 4.74 Å². The lowest BCUT2D eigenvalue weighted by atomic mass is 9.68. The van der Waals surface area contributed by atoms with Gasteiger partial charge in [-0.1, -0.05) is 58.3 Å². The van der Waals surface area contributed by atoms with Crippen LogP contribution in [-0.4, -0.2) is 6.61 Å². The minimum absolute atomic E-state index is 0.0732. The molecule has 0 aliphatic heterocycles. The second kappa shape index (κ2) is 12.3. The third-order valence-electron chi connectivity index (χ3n) is 7.75. The molecule has 0 atom stereocenters. The van der Waals surface area contributed by atoms with Gasteiger partial charge in [-0.2, -0.15) is 5.26 Å². The Hall–Kier alpha value is -1.56. The molecule has 0 amide bonds. The highest BCUT2D eigenvalue weighted by molar-refractivity contribution is 5.36. The van der Waals surface area contributed by atoms with Crippen LogP contribution in [0.15, 0.2) is 18.2 Å². The first-order chi connectivity index (χ1) is 14.7. The van der Waals surface area contributed by atoms with E-state index >= 15 is 0 Å². The van der Waals surface area contributed by atoms with Crippen molar-refractivity contribution in [3.63, 3.8) is 0 Å². The van der Waals surface area contributed by atoms with Crippen molar-refractivity contribution in [2.24, 2.45) is 23.7 Å². The topological polar surface area (TPSA) is 33.0 Å². The quantitative estimate of drug-likeness (QED) is 0.363. The standard InChI is InChI=1S/C27H40FNO/c1-2-3-4-6-21-8-12-23(13-9-21)24-14-10-22(11-15-24)7-5-18-30-26-17-16-25(20-29)27(28)19-26/h16-17,19,21-24H,2-15,18H2,1H3/t21-,22?,23-,24?. The van der Waals surface area contributed by atoms with Gasteiger partial charge in [0, 0.05) is 6.07 Å². The summed E-state index contributed by atoms with van der Waals surface area (Å²) in [4.78, 5) is 0. The Kier molecular flexibility index (Phi) is 9.50. The number of hydrogen-bond acceptors (Lipinski definition) is 2. The lowest BCUT2D eigenvalue weighted by Crippen LogP contribution is -2.26. The second-order valence-electron chi connectivity index (χ2n) is 9.80. The summed E-state index contributed by atoms with van der Waals surface area (Å²) >= 11 is 0. The van der Waals surface area contributed by atoms with E-state index in [-0.39, 0.29) is 5.56 Å². The van der Waals surface area contributed by atoms with Crippen molar-refractivity contribution in [1.29, 1.82) is 5.26 Å². The van der Waals surface area contributed by atoms with Gasteiger partial charge in [-0.05, 0) is 74.3 Å². The summed E-state index contributed by atoms with van der Waals surface area (Å²) in [5, 5.41) is 8.79. The van der Waals surface area contributed by atoms with E-state index in [2.05, 4.69) is 6.92 Å². The number of nitriles is 1. The summed E-state index contributed by atoms with van der Waals surface area (Å²) in [6, 6.07) is 6.34. The van der Waals surface area contributed by atoms with Crippen molar-refractivity contribution in [1.82, 2.24) is 0 Å². The van der Waals surface area contributed by atoms with Crippen molar-refractivity contribution in [2.45, 2.75) is 96.8 Å². The van der Waals surface area contributed by atoms with Crippen molar-refractivity contribution in [3.8, 4) is 11.8 Å². The van der Waals surface area contributed by atoms with Gasteiger partial charge in [0.2, 0.25) is 0 Å². The molecule has 1 aromatic carbocycles. The molecule has 0 radical (unpaired) electrons. The lowest BCUT2D eigenvalue weighted by Gasteiger charge is -2.38. The highest BCUT2D eigenvalue weighted by Crippen LogP contribution is 2.43. The largest absolute Gasteiger partial charge is 0.493 e. The Morgan fingerprint density at radius 2 is 1.50 bits per heavy atom. The fourth-order valence-corrected chi connectivity index (χ4v) is 5.82. The summed E-state index contributed by atoms with van der Waals surface area (Å²) in [5.74, 6) is 3.88. The van der Waals surface area contributed by atoms with Crippen LogP contribution in [0.5, 0.6) is 5.75 Å². The molecule has 166 valence electrons. The molecule has 0 spiro atoms. The molecule has 0 heterocycles. The molecule has 30 heavy (non-hydrogen) atoms. The molecule has 3 heteroatoms. The van der Waals surface area contributed by atoms with Gasteiger partial charge in [0.05, 0.1) is 12.2 Å². The zero-order valence-corrected chi connectivity index (χ0v) is 18.9. The van der Waals surface area contributed by atoms with E-state index in [0.29, 0.717) is 12.4 Å². The first-order valence-corrected chi connectivity index (χ1v) is 12.5. The van der Waals surface area contributed by atoms with Crippen LogP contribution >= 0.6 is 0 Å². The van der Waals surface area contributed by atoms with E-state index in [0.717, 1.165) is 30.1 Å². The Bertz CT molecular complexity index is 666. The van der Waals surface area contributed by atoms with Crippen LogP contribution in [0.1, 0.15) is 102 Å². The molecule has 2 saturated carbocycles. The van der Waals surface area contributed by atoms with Crippen molar-refractivity contribution < 1.29 is 9.13 Å². The lowest BCUT2D eigenvalue weighted by molar-refractivity contribution is 0.138. The molecule has 2 aliphatic rings. The normalized spacial score (nSPS) is 26.8. The van der Waals surface area contributed by atoms with E-state index in [1.54, 1.807) is 6.07 Å². The summed E-state index contributed by atoms with van der Waals surface area (Å²) < 4.78 is 19.3. The molecule has 1 aromatic rings. The van der Waals surface area contributed by atoms with Crippen LogP contribution in [0.25, 0.3) is 0 Å². The van der Waals surface area contributed by atoms with E-state index in [1.807, 2.05) is 6.07 Å². The number of nitrogens with zero attached hydrogens (tertiary/aromatic N) is 1. The average Bonchev–Trinajstić information content (AvgIpc) is 2.78. The molecule has 2 fully saturated rings. The van der Waals surface area contributed by atoms with Crippen LogP contribution in [-0.2, 0) is 0 Å². The van der Waals surface area contributed by atoms with Gasteiger partial charge < -0.3 is 4.74 Å². The van der Waals surface area contributed by atoms with Gasteiger partial charge in [0.25, 0.3) is 0 Å². The minimum Gasteiger partial charge on any atom is -0.493 e. The SMILES string of the molecule is CCCCC[C@H]1CC[C@H](C2CCC(CCCOc3ccc(C#N)c(F)c3)CC2)CC1. The maximum atomic E-state index is 13.6. The van der Waals surface area contributed by atoms with Crippen LogP contribution in [0.4, 0.5) is 4.39 Å². The van der Waals surface area contributed by atoms with Gasteiger partial charge in [-0.3, -0.25) is 0 Å². The molecule has 0 aromatic heterocycles. The smallest absolute Gasteiger partial charge is 0.144 e. The van der Waals surface area contributed by atoms with Crippen molar-refractivity contribution in [2.75, 3.05) is 6.61 Å². The van der Waals surface area contributed by atoms with E-state index < -0.39 is 5.82 Å². The van der Waals surface area contributed by atoms with E-state index in [1.165, 1.54) is 95.6 Å². The molecule has 0 unspecified atom stereocenters. The summed E-state index contributed by atoms with van der Waals surface area (Å²) in [5.41, 5.74) is 0.0732. The molecule has 2 aliphatic carbocycles. The first-order valence-electron chi connectivity index (χ1n) is 12.5. The fourth-order valence-electron chi connectivity index (χ4n) is 5.82. The maximum Gasteiger partial charge on any atom is 0.144 e. The summed E-state index contributed by atoms with van der Waals surface area (Å²) in [7, 11) is 0. The Morgan fingerprint density at radius 1 is 0.900 bits per heavy atom. The third-order valence-corrected chi connectivity index (χ3v) is 7.75. The first kappa shape index (κ1) is 23.1. The van der Waals surface area contributed by atoms with Crippen LogP contribution in [0.2, 0.25) is 0 Å². The predicted molar refractivity (Wildman–Crippen MR) is 121 cm³/mol. The second-order valence-corrected chi connectivity index (χ2v) is 9.80. The predicted octanol–water partition coefficient (Wildman–Crippen LogP) is 8.05. The molecule has 0 saturated heterocycles. The van der Waals surface area contributed by atoms with E-state index in [9.17, 15) is 4.39 Å². The monoisotopic (exact) mass is 413 g/mol. The van der Waals surface area contributed by atoms with Gasteiger partial charge >= 0.3 is 0 Å². The van der Waals surface area contributed by atoms with Gasteiger partial charge in [-0.15, -0.1) is 0 Å². The van der Waals surface area contributed by atoms with Gasteiger partial charge in [-0.25, -0.2) is 4.39 Å². The molecule has 3 rings (SSSR count). The number of rotatable bonds is 10. The third kappa shape index (κ3) is 7.00. The zero-order chi connectivity index (χ0) is 21.2. The number of benzene rings is 1. The summed E-state index contributed by atoms with van der Waals surface area (Å²) in [6.07, 6.45) is 19.5. The summed E-state index contributed by atoms with van der Waals surface area (Å²) in [6.45, 7) is 2.93. The Labute approximate surface area is 183 Å². The molecular formula is C27H40FNO. The molecule has 2 nitrogen and oxygen atoms in total. The van der Waals surface area contributed by atoms with E-state index in [4.69, 9.17) is 10.00 Å². The van der Waals surface area contributed by atoms with Crippen LogP contribution in [0.3, 0.4) is 0 Å². The average molecular weight is 414 g/mol. The number of halogens is 1. The number of hydrogen-bond donors (Lipinski definition) is 0. The number of unbranched alkanes of at least 4 members (excludes halogenated alkanes) is 2. The zero-order valence-electron chi connectivity index (χ0n) is 18.9. The Morgan fingerprint density at radius 3 is 2.03 bits per heavy atom. The van der Waals surface area contributed by atoms with Crippen LogP contribution in [0, 0.1) is 40.8 Å². The highest BCUT2D eigenvalue weighted by Gasteiger charge is 2.30.